The van der Waals surface area contributed by atoms with Gasteiger partial charge in [-0.05, 0) is 31.2 Å². The summed E-state index contributed by atoms with van der Waals surface area (Å²) in [5.74, 6) is 0.194. The second-order valence-corrected chi connectivity index (χ2v) is 8.62. The zero-order valence-corrected chi connectivity index (χ0v) is 17.6. The Labute approximate surface area is 180 Å². The molecule has 1 atom stereocenters. The van der Waals surface area contributed by atoms with Gasteiger partial charge in [-0.1, -0.05) is 53.7 Å². The van der Waals surface area contributed by atoms with Gasteiger partial charge in [0, 0.05) is 21.5 Å². The first-order valence-corrected chi connectivity index (χ1v) is 10.8. The molecule has 1 amide bonds. The molecule has 1 unspecified atom stereocenters. The number of thiazole rings is 1. The number of anilines is 1. The molecular weight excluding hydrogens is 428 g/mol. The summed E-state index contributed by atoms with van der Waals surface area (Å²) in [5.41, 5.74) is 2.60. The van der Waals surface area contributed by atoms with Crippen molar-refractivity contribution in [1.82, 2.24) is 15.2 Å². The highest BCUT2D eigenvalue weighted by atomic mass is 35.5. The van der Waals surface area contributed by atoms with Crippen molar-refractivity contribution < 1.29 is 9.21 Å². The van der Waals surface area contributed by atoms with E-state index in [0.717, 1.165) is 16.8 Å². The normalized spacial score (nSPS) is 11.9. The fourth-order valence-corrected chi connectivity index (χ4v) is 3.98. The summed E-state index contributed by atoms with van der Waals surface area (Å²) in [6.07, 6.45) is 0. The standard InChI is InChI=1S/C20H15ClN4O2S2/c1-12(29-20-25-24-18(27-20)14-7-9-15(21)10-8-14)17(26)23-19-22-16(11-28-19)13-5-3-2-4-6-13/h2-12H,1H3,(H,22,23,26). The monoisotopic (exact) mass is 442 g/mol. The highest BCUT2D eigenvalue weighted by Gasteiger charge is 2.20. The Morgan fingerprint density at radius 3 is 2.62 bits per heavy atom. The number of aromatic nitrogens is 3. The SMILES string of the molecule is CC(Sc1nnc(-c2ccc(Cl)cc2)o1)C(=O)Nc1nc(-c2ccccc2)cs1. The molecule has 4 rings (SSSR count). The molecule has 0 saturated heterocycles. The third-order valence-corrected chi connectivity index (χ3v) is 5.89. The van der Waals surface area contributed by atoms with Crippen LogP contribution in [0.3, 0.4) is 0 Å². The van der Waals surface area contributed by atoms with Gasteiger partial charge < -0.3 is 9.73 Å². The van der Waals surface area contributed by atoms with Crippen molar-refractivity contribution in [2.45, 2.75) is 17.4 Å². The number of nitrogens with one attached hydrogen (secondary N) is 1. The summed E-state index contributed by atoms with van der Waals surface area (Å²) in [5, 5.41) is 13.9. The van der Waals surface area contributed by atoms with Crippen LogP contribution in [-0.4, -0.2) is 26.3 Å². The predicted molar refractivity (Wildman–Crippen MR) is 116 cm³/mol. The van der Waals surface area contributed by atoms with Gasteiger partial charge in [-0.25, -0.2) is 4.98 Å². The van der Waals surface area contributed by atoms with Crippen LogP contribution in [0.4, 0.5) is 5.13 Å². The summed E-state index contributed by atoms with van der Waals surface area (Å²) in [6.45, 7) is 1.78. The summed E-state index contributed by atoms with van der Waals surface area (Å²) < 4.78 is 5.65. The number of halogens is 1. The van der Waals surface area contributed by atoms with E-state index in [1.807, 2.05) is 35.7 Å². The first-order valence-electron chi connectivity index (χ1n) is 8.66. The molecular formula is C20H15ClN4O2S2. The Bertz CT molecular complexity index is 1110. The van der Waals surface area contributed by atoms with E-state index < -0.39 is 5.25 Å². The van der Waals surface area contributed by atoms with Crippen molar-refractivity contribution in [3.63, 3.8) is 0 Å². The van der Waals surface area contributed by atoms with E-state index in [4.69, 9.17) is 16.0 Å². The Morgan fingerprint density at radius 1 is 1.10 bits per heavy atom. The van der Waals surface area contributed by atoms with Crippen LogP contribution in [0.1, 0.15) is 6.92 Å². The number of carbonyl (C=O) groups is 1. The van der Waals surface area contributed by atoms with E-state index in [9.17, 15) is 4.79 Å². The molecule has 2 aromatic carbocycles. The summed E-state index contributed by atoms with van der Waals surface area (Å²) in [6, 6.07) is 16.9. The first kappa shape index (κ1) is 19.6. The highest BCUT2D eigenvalue weighted by molar-refractivity contribution is 8.00. The van der Waals surface area contributed by atoms with E-state index >= 15 is 0 Å². The number of amides is 1. The molecule has 1 N–H and O–H groups in total. The van der Waals surface area contributed by atoms with Gasteiger partial charge in [0.2, 0.25) is 11.8 Å². The molecule has 0 aliphatic rings. The lowest BCUT2D eigenvalue weighted by molar-refractivity contribution is -0.115. The molecule has 0 bridgehead atoms. The van der Waals surface area contributed by atoms with Gasteiger partial charge in [-0.3, -0.25) is 4.79 Å². The van der Waals surface area contributed by atoms with Crippen molar-refractivity contribution in [2.24, 2.45) is 0 Å². The lowest BCUT2D eigenvalue weighted by atomic mass is 10.2. The third-order valence-electron chi connectivity index (χ3n) is 3.95. The van der Waals surface area contributed by atoms with Crippen molar-refractivity contribution in [3.05, 3.63) is 65.0 Å². The number of rotatable bonds is 6. The number of benzene rings is 2. The molecule has 4 aromatic rings. The Kier molecular flexibility index (Phi) is 5.94. The number of thioether (sulfide) groups is 1. The van der Waals surface area contributed by atoms with E-state index in [1.54, 1.807) is 31.2 Å². The number of hydrogen-bond donors (Lipinski definition) is 1. The van der Waals surface area contributed by atoms with Crippen LogP contribution in [0, 0.1) is 0 Å². The van der Waals surface area contributed by atoms with Gasteiger partial charge in [-0.2, -0.15) is 0 Å². The molecule has 0 radical (unpaired) electrons. The van der Waals surface area contributed by atoms with Gasteiger partial charge in [0.1, 0.15) is 0 Å². The van der Waals surface area contributed by atoms with Crippen LogP contribution in [-0.2, 0) is 4.79 Å². The van der Waals surface area contributed by atoms with E-state index in [-0.39, 0.29) is 5.91 Å². The average Bonchev–Trinajstić information content (AvgIpc) is 3.39. The van der Waals surface area contributed by atoms with Gasteiger partial charge in [0.15, 0.2) is 5.13 Å². The maximum Gasteiger partial charge on any atom is 0.277 e. The van der Waals surface area contributed by atoms with Crippen molar-refractivity contribution >= 4 is 45.7 Å². The van der Waals surface area contributed by atoms with Crippen molar-refractivity contribution in [1.29, 1.82) is 0 Å². The third kappa shape index (κ3) is 4.84. The average molecular weight is 443 g/mol. The van der Waals surface area contributed by atoms with Gasteiger partial charge >= 0.3 is 0 Å². The quantitative estimate of drug-likeness (QED) is 0.389. The number of nitrogens with zero attached hydrogens (tertiary/aromatic N) is 3. The second kappa shape index (κ2) is 8.77. The van der Waals surface area contributed by atoms with Crippen LogP contribution < -0.4 is 5.32 Å². The van der Waals surface area contributed by atoms with Crippen LogP contribution in [0.25, 0.3) is 22.7 Å². The second-order valence-electron chi connectivity index (χ2n) is 6.03. The maximum atomic E-state index is 12.5. The number of carbonyl (C=O) groups excluding carboxylic acids is 1. The van der Waals surface area contributed by atoms with E-state index in [0.29, 0.717) is 21.3 Å². The molecule has 146 valence electrons. The lowest BCUT2D eigenvalue weighted by Crippen LogP contribution is -2.22. The number of hydrogen-bond acceptors (Lipinski definition) is 7. The Balaban J connectivity index is 1.38. The largest absolute Gasteiger partial charge is 0.411 e. The molecule has 6 nitrogen and oxygen atoms in total. The molecule has 0 aliphatic heterocycles. The van der Waals surface area contributed by atoms with Crippen LogP contribution >= 0.6 is 34.7 Å². The summed E-state index contributed by atoms with van der Waals surface area (Å²) >= 11 is 8.47. The molecule has 0 fully saturated rings. The van der Waals surface area contributed by atoms with E-state index in [1.165, 1.54) is 23.1 Å². The molecule has 0 aliphatic carbocycles. The highest BCUT2D eigenvalue weighted by Crippen LogP contribution is 2.29. The van der Waals surface area contributed by atoms with Crippen LogP contribution in [0.15, 0.2) is 69.6 Å². The fourth-order valence-electron chi connectivity index (χ4n) is 2.45. The minimum Gasteiger partial charge on any atom is -0.411 e. The van der Waals surface area contributed by atoms with Crippen LogP contribution in [0.5, 0.6) is 0 Å². The summed E-state index contributed by atoms with van der Waals surface area (Å²) in [4.78, 5) is 17.0. The Hall–Kier alpha value is -2.68. The maximum absolute atomic E-state index is 12.5. The van der Waals surface area contributed by atoms with Crippen LogP contribution in [0.2, 0.25) is 5.02 Å². The lowest BCUT2D eigenvalue weighted by Gasteiger charge is -2.07. The van der Waals surface area contributed by atoms with Gasteiger partial charge in [0.25, 0.3) is 5.22 Å². The van der Waals surface area contributed by atoms with E-state index in [2.05, 4.69) is 20.5 Å². The molecule has 29 heavy (non-hydrogen) atoms. The first-order chi connectivity index (χ1) is 14.1. The zero-order chi connectivity index (χ0) is 20.2. The topological polar surface area (TPSA) is 80.9 Å². The molecule has 9 heteroatoms. The summed E-state index contributed by atoms with van der Waals surface area (Å²) in [7, 11) is 0. The molecule has 0 saturated carbocycles. The fraction of sp³-hybridized carbons (Fsp3) is 0.100. The smallest absolute Gasteiger partial charge is 0.277 e. The van der Waals surface area contributed by atoms with Crippen molar-refractivity contribution in [2.75, 3.05) is 5.32 Å². The minimum absolute atomic E-state index is 0.185. The van der Waals surface area contributed by atoms with Crippen molar-refractivity contribution in [3.8, 4) is 22.7 Å². The molecule has 2 aromatic heterocycles. The van der Waals surface area contributed by atoms with Gasteiger partial charge in [0.05, 0.1) is 10.9 Å². The molecule has 2 heterocycles. The molecule has 0 spiro atoms. The Morgan fingerprint density at radius 2 is 1.86 bits per heavy atom. The zero-order valence-electron chi connectivity index (χ0n) is 15.2. The van der Waals surface area contributed by atoms with Gasteiger partial charge in [-0.15, -0.1) is 21.5 Å². The predicted octanol–water partition coefficient (Wildman–Crippen LogP) is 5.63. The minimum atomic E-state index is -0.433.